The molecule has 0 atom stereocenters. The Labute approximate surface area is 73.9 Å². The van der Waals surface area contributed by atoms with E-state index in [9.17, 15) is 4.39 Å². The number of hydrogen-bond acceptors (Lipinski definition) is 1. The van der Waals surface area contributed by atoms with Crippen molar-refractivity contribution in [1.82, 2.24) is 4.98 Å². The summed E-state index contributed by atoms with van der Waals surface area (Å²) in [5.74, 6) is -0.279. The zero-order chi connectivity index (χ0) is 6.85. The van der Waals surface area contributed by atoms with Crippen LogP contribution >= 0.6 is 38.5 Å². The van der Waals surface area contributed by atoms with Crippen LogP contribution in [0.3, 0.4) is 0 Å². The molecule has 0 spiro atoms. The molecule has 0 fully saturated rings. The monoisotopic (exact) mass is 301 g/mol. The fraction of sp³-hybridized carbons (Fsp3) is 0. The molecule has 1 aromatic heterocycles. The van der Waals surface area contributed by atoms with Gasteiger partial charge in [-0.15, -0.1) is 0 Å². The molecule has 0 amide bonds. The van der Waals surface area contributed by atoms with E-state index in [1.807, 2.05) is 22.6 Å². The van der Waals surface area contributed by atoms with Crippen molar-refractivity contribution in [2.45, 2.75) is 0 Å². The third-order valence-corrected chi connectivity index (χ3v) is 1.97. The Balaban J connectivity index is 3.17. The summed E-state index contributed by atoms with van der Waals surface area (Å²) in [6, 6.07) is 2.94. The number of hydrogen-bond donors (Lipinski definition) is 0. The molecule has 0 aliphatic carbocycles. The number of rotatable bonds is 0. The lowest BCUT2D eigenvalue weighted by Crippen LogP contribution is -1.85. The first-order chi connectivity index (χ1) is 4.20. The van der Waals surface area contributed by atoms with Crippen LogP contribution in [0, 0.1) is 9.52 Å². The summed E-state index contributed by atoms with van der Waals surface area (Å²) < 4.78 is 13.5. The van der Waals surface area contributed by atoms with E-state index in [0.717, 1.165) is 0 Å². The van der Waals surface area contributed by atoms with Gasteiger partial charge in [-0.1, -0.05) is 0 Å². The van der Waals surface area contributed by atoms with Gasteiger partial charge in [0.1, 0.15) is 8.30 Å². The molecular weight excluding hydrogens is 300 g/mol. The molecule has 0 bridgehead atoms. The van der Waals surface area contributed by atoms with Gasteiger partial charge >= 0.3 is 0 Å². The molecule has 0 aliphatic rings. The molecule has 1 aromatic rings. The second-order valence-corrected chi connectivity index (χ2v) is 3.24. The van der Waals surface area contributed by atoms with Gasteiger partial charge in [0.05, 0.1) is 0 Å². The van der Waals surface area contributed by atoms with Crippen molar-refractivity contribution in [3.8, 4) is 0 Å². The summed E-state index contributed by atoms with van der Waals surface area (Å²) in [6.07, 6.45) is 0. The van der Waals surface area contributed by atoms with Crippen molar-refractivity contribution in [3.05, 3.63) is 26.3 Å². The van der Waals surface area contributed by atoms with E-state index >= 15 is 0 Å². The van der Waals surface area contributed by atoms with Crippen LogP contribution in [0.1, 0.15) is 0 Å². The number of nitrogens with zero attached hydrogens (tertiary/aromatic N) is 1. The highest BCUT2D eigenvalue weighted by atomic mass is 127. The van der Waals surface area contributed by atoms with Crippen LogP contribution in [-0.2, 0) is 0 Å². The minimum absolute atomic E-state index is 0.279. The highest BCUT2D eigenvalue weighted by Gasteiger charge is 1.97. The lowest BCUT2D eigenvalue weighted by molar-refractivity contribution is 0.611. The highest BCUT2D eigenvalue weighted by molar-refractivity contribution is 14.1. The third kappa shape index (κ3) is 1.86. The van der Waals surface area contributed by atoms with Gasteiger partial charge in [-0.2, -0.15) is 0 Å². The van der Waals surface area contributed by atoms with E-state index in [1.54, 1.807) is 6.07 Å². The zero-order valence-electron chi connectivity index (χ0n) is 4.24. The SMILES string of the molecule is Fc1ccc(Br)nc1I. The molecule has 0 saturated heterocycles. The summed E-state index contributed by atoms with van der Waals surface area (Å²) in [5, 5.41) is 0. The van der Waals surface area contributed by atoms with Crippen molar-refractivity contribution in [2.75, 3.05) is 0 Å². The molecule has 1 nitrogen and oxygen atoms in total. The van der Waals surface area contributed by atoms with Gasteiger partial charge in [-0.3, -0.25) is 0 Å². The van der Waals surface area contributed by atoms with E-state index in [2.05, 4.69) is 20.9 Å². The normalized spacial score (nSPS) is 9.67. The minimum atomic E-state index is -0.279. The van der Waals surface area contributed by atoms with Gasteiger partial charge in [-0.05, 0) is 50.7 Å². The Morgan fingerprint density at radius 1 is 1.56 bits per heavy atom. The maximum Gasteiger partial charge on any atom is 0.155 e. The smallest absolute Gasteiger partial charge is 0.155 e. The van der Waals surface area contributed by atoms with Gasteiger partial charge in [0.2, 0.25) is 0 Å². The molecule has 0 radical (unpaired) electrons. The molecule has 4 heteroatoms. The average Bonchev–Trinajstić information content (AvgIpc) is 1.80. The highest BCUT2D eigenvalue weighted by Crippen LogP contribution is 2.11. The Morgan fingerprint density at radius 2 is 2.22 bits per heavy atom. The van der Waals surface area contributed by atoms with E-state index in [1.165, 1.54) is 6.07 Å². The maximum atomic E-state index is 12.4. The second-order valence-electron chi connectivity index (χ2n) is 1.41. The lowest BCUT2D eigenvalue weighted by atomic mass is 10.5. The Bertz CT molecular complexity index is 228. The van der Waals surface area contributed by atoms with Gasteiger partial charge in [0.25, 0.3) is 0 Å². The Hall–Kier alpha value is 0.290. The predicted molar refractivity (Wildman–Crippen MR) is 44.6 cm³/mol. The van der Waals surface area contributed by atoms with Crippen LogP contribution in [-0.4, -0.2) is 4.98 Å². The van der Waals surface area contributed by atoms with E-state index in [-0.39, 0.29) is 5.82 Å². The van der Waals surface area contributed by atoms with Crippen molar-refractivity contribution < 1.29 is 4.39 Å². The fourth-order valence-corrected chi connectivity index (χ4v) is 1.48. The molecular formula is C5H2BrFIN. The Kier molecular flexibility index (Phi) is 2.40. The zero-order valence-corrected chi connectivity index (χ0v) is 7.98. The molecule has 0 saturated carbocycles. The molecule has 0 aliphatic heterocycles. The van der Waals surface area contributed by atoms with Gasteiger partial charge in [0.15, 0.2) is 5.82 Å². The fourth-order valence-electron chi connectivity index (χ4n) is 0.395. The van der Waals surface area contributed by atoms with Crippen LogP contribution in [0.25, 0.3) is 0 Å². The third-order valence-electron chi connectivity index (χ3n) is 0.769. The average molecular weight is 302 g/mol. The number of pyridine rings is 1. The standard InChI is InChI=1S/C5H2BrFIN/c6-4-2-1-3(7)5(8)9-4/h1-2H. The topological polar surface area (TPSA) is 12.9 Å². The quantitative estimate of drug-likeness (QED) is 0.530. The summed E-state index contributed by atoms with van der Waals surface area (Å²) in [6.45, 7) is 0. The van der Waals surface area contributed by atoms with Crippen molar-refractivity contribution in [2.24, 2.45) is 0 Å². The van der Waals surface area contributed by atoms with Gasteiger partial charge in [0, 0.05) is 0 Å². The first-order valence-electron chi connectivity index (χ1n) is 2.17. The number of halogens is 3. The molecule has 9 heavy (non-hydrogen) atoms. The Morgan fingerprint density at radius 3 is 2.67 bits per heavy atom. The first kappa shape index (κ1) is 7.40. The van der Waals surface area contributed by atoms with Gasteiger partial charge < -0.3 is 0 Å². The van der Waals surface area contributed by atoms with Crippen molar-refractivity contribution in [1.29, 1.82) is 0 Å². The summed E-state index contributed by atoms with van der Waals surface area (Å²) >= 11 is 4.95. The minimum Gasteiger partial charge on any atom is -0.232 e. The summed E-state index contributed by atoms with van der Waals surface area (Å²) in [7, 11) is 0. The lowest BCUT2D eigenvalue weighted by Gasteiger charge is -1.91. The largest absolute Gasteiger partial charge is 0.232 e. The maximum absolute atomic E-state index is 12.4. The predicted octanol–water partition coefficient (Wildman–Crippen LogP) is 2.59. The molecule has 0 aromatic carbocycles. The van der Waals surface area contributed by atoms with Crippen LogP contribution in [0.15, 0.2) is 16.7 Å². The van der Waals surface area contributed by atoms with Crippen LogP contribution < -0.4 is 0 Å². The van der Waals surface area contributed by atoms with E-state index in [4.69, 9.17) is 0 Å². The van der Waals surface area contributed by atoms with Crippen LogP contribution in [0.4, 0.5) is 4.39 Å². The van der Waals surface area contributed by atoms with Gasteiger partial charge in [-0.25, -0.2) is 9.37 Å². The van der Waals surface area contributed by atoms with Crippen LogP contribution in [0.2, 0.25) is 0 Å². The summed E-state index contributed by atoms with van der Waals surface area (Å²) in [4.78, 5) is 3.80. The molecule has 1 rings (SSSR count). The molecule has 0 N–H and O–H groups in total. The number of aromatic nitrogens is 1. The molecule has 1 heterocycles. The molecule has 48 valence electrons. The van der Waals surface area contributed by atoms with Crippen molar-refractivity contribution >= 4 is 38.5 Å². The molecule has 0 unspecified atom stereocenters. The van der Waals surface area contributed by atoms with E-state index in [0.29, 0.717) is 8.30 Å². The summed E-state index contributed by atoms with van der Waals surface area (Å²) in [5.41, 5.74) is 0. The van der Waals surface area contributed by atoms with Crippen LogP contribution in [0.5, 0.6) is 0 Å². The second kappa shape index (κ2) is 2.92. The van der Waals surface area contributed by atoms with Crippen molar-refractivity contribution in [3.63, 3.8) is 0 Å². The van der Waals surface area contributed by atoms with E-state index < -0.39 is 0 Å². The first-order valence-corrected chi connectivity index (χ1v) is 4.05.